The van der Waals surface area contributed by atoms with Gasteiger partial charge in [0.1, 0.15) is 0 Å². The number of carbonyl (C=O) groups excluding carboxylic acids is 2. The van der Waals surface area contributed by atoms with Gasteiger partial charge in [0.15, 0.2) is 0 Å². The molecule has 2 aliphatic rings. The van der Waals surface area contributed by atoms with E-state index in [0.29, 0.717) is 16.7 Å². The summed E-state index contributed by atoms with van der Waals surface area (Å²) in [7, 11) is 0. The third kappa shape index (κ3) is 2.93. The zero-order chi connectivity index (χ0) is 22.0. The van der Waals surface area contributed by atoms with Crippen LogP contribution in [-0.4, -0.2) is 53.8 Å². The molecule has 0 radical (unpaired) electrons. The van der Waals surface area contributed by atoms with E-state index in [9.17, 15) is 9.59 Å². The van der Waals surface area contributed by atoms with Gasteiger partial charge >= 0.3 is 202 Å². The fourth-order valence-corrected chi connectivity index (χ4v) is 14.8. The predicted octanol–water partition coefficient (Wildman–Crippen LogP) is 3.87. The third-order valence-electron chi connectivity index (χ3n) is 6.40. The van der Waals surface area contributed by atoms with Gasteiger partial charge in [-0.25, -0.2) is 0 Å². The van der Waals surface area contributed by atoms with Crippen LogP contribution >= 0.6 is 0 Å². The van der Waals surface area contributed by atoms with E-state index in [1.807, 2.05) is 16.0 Å². The van der Waals surface area contributed by atoms with Crippen molar-refractivity contribution in [2.24, 2.45) is 0 Å². The van der Waals surface area contributed by atoms with Crippen molar-refractivity contribution in [2.45, 2.75) is 11.5 Å². The fourth-order valence-electron chi connectivity index (χ4n) is 4.76. The second kappa shape index (κ2) is 7.44. The van der Waals surface area contributed by atoms with Gasteiger partial charge < -0.3 is 0 Å². The number of carbonyl (C=O) groups is 2. The molecular formula is C26H19GeNO2Se2. The maximum absolute atomic E-state index is 12.7. The van der Waals surface area contributed by atoms with Gasteiger partial charge in [-0.15, -0.1) is 0 Å². The molecule has 0 spiro atoms. The number of allylic oxidation sites excluding steroid dienone is 1. The van der Waals surface area contributed by atoms with Gasteiger partial charge in [0, 0.05) is 0 Å². The van der Waals surface area contributed by atoms with Crippen LogP contribution in [0.25, 0.3) is 6.08 Å². The first-order chi connectivity index (χ1) is 15.5. The standard InChI is InChI=1S/C26H19GeNO2Se2/c1-27(2)20-7-3-5-9-22(20)28(23-10-6-4-8-21(23)27)24-12-11-16(32-24)13-17-25(29)18-14-31-15-19(18)26(17)30/h3-15H,1-2H3. The van der Waals surface area contributed by atoms with Crippen LogP contribution in [0, 0.1) is 0 Å². The average Bonchev–Trinajstić information content (AvgIpc) is 3.51. The van der Waals surface area contributed by atoms with Crippen molar-refractivity contribution in [1.29, 1.82) is 0 Å². The van der Waals surface area contributed by atoms with Gasteiger partial charge in [0.25, 0.3) is 0 Å². The van der Waals surface area contributed by atoms with Crippen LogP contribution < -0.4 is 13.7 Å². The van der Waals surface area contributed by atoms with Crippen LogP contribution in [0.5, 0.6) is 0 Å². The monoisotopic (exact) mass is 611 g/mol. The van der Waals surface area contributed by atoms with Gasteiger partial charge in [0.2, 0.25) is 0 Å². The quantitative estimate of drug-likeness (QED) is 0.197. The second-order valence-corrected chi connectivity index (χ2v) is 21.5. The molecule has 156 valence electrons. The number of hydrogen-bond acceptors (Lipinski definition) is 3. The maximum atomic E-state index is 12.7. The van der Waals surface area contributed by atoms with Gasteiger partial charge in [-0.2, -0.15) is 0 Å². The molecule has 0 bridgehead atoms. The van der Waals surface area contributed by atoms with Crippen molar-refractivity contribution in [3.8, 4) is 0 Å². The second-order valence-electron chi connectivity index (χ2n) is 8.59. The molecule has 0 saturated heterocycles. The molecule has 2 aromatic heterocycles. The number of anilines is 3. The number of fused-ring (bicyclic) bond motifs is 3. The normalized spacial score (nSPS) is 16.1. The molecule has 0 unspecified atom stereocenters. The molecule has 32 heavy (non-hydrogen) atoms. The summed E-state index contributed by atoms with van der Waals surface area (Å²) in [5, 5.41) is 0. The van der Waals surface area contributed by atoms with Crippen LogP contribution in [0.3, 0.4) is 0 Å². The summed E-state index contributed by atoms with van der Waals surface area (Å²) < 4.78 is 5.29. The van der Waals surface area contributed by atoms with Crippen molar-refractivity contribution >= 4 is 84.6 Å². The molecule has 6 heteroatoms. The summed E-state index contributed by atoms with van der Waals surface area (Å²) in [5.41, 5.74) is 4.14. The van der Waals surface area contributed by atoms with E-state index in [-0.39, 0.29) is 40.6 Å². The van der Waals surface area contributed by atoms with E-state index in [4.69, 9.17) is 0 Å². The Morgan fingerprint density at radius 3 is 1.94 bits per heavy atom. The van der Waals surface area contributed by atoms with E-state index in [2.05, 4.69) is 77.1 Å². The van der Waals surface area contributed by atoms with E-state index in [0.717, 1.165) is 4.44 Å². The number of rotatable bonds is 2. The molecule has 3 heterocycles. The molecule has 1 aliphatic carbocycles. The first kappa shape index (κ1) is 20.5. The average molecular weight is 608 g/mol. The number of nitrogens with zero attached hydrogens (tertiary/aromatic N) is 1. The Hall–Kier alpha value is -2.14. The van der Waals surface area contributed by atoms with E-state index in [1.165, 1.54) is 24.7 Å². The van der Waals surface area contributed by atoms with Crippen molar-refractivity contribution < 1.29 is 9.59 Å². The minimum absolute atomic E-state index is 0.00661. The molecule has 0 fully saturated rings. The summed E-state index contributed by atoms with van der Waals surface area (Å²) in [6.45, 7) is 0. The topological polar surface area (TPSA) is 37.4 Å². The summed E-state index contributed by atoms with van der Waals surface area (Å²) >= 11 is -2.25. The molecule has 0 amide bonds. The van der Waals surface area contributed by atoms with Crippen LogP contribution in [0.1, 0.15) is 25.2 Å². The van der Waals surface area contributed by atoms with Gasteiger partial charge in [-0.05, 0) is 0 Å². The van der Waals surface area contributed by atoms with Crippen LogP contribution in [0.4, 0.5) is 15.9 Å². The van der Waals surface area contributed by atoms with Crippen LogP contribution in [0.15, 0.2) is 76.1 Å². The molecule has 3 nitrogen and oxygen atoms in total. The summed E-state index contributed by atoms with van der Waals surface area (Å²) in [6.07, 6.45) is 1.84. The molecule has 6 rings (SSSR count). The van der Waals surface area contributed by atoms with E-state index >= 15 is 0 Å². The van der Waals surface area contributed by atoms with E-state index in [1.54, 1.807) is 0 Å². The third-order valence-corrected chi connectivity index (χ3v) is 17.5. The van der Waals surface area contributed by atoms with Crippen molar-refractivity contribution in [3.05, 3.63) is 91.7 Å². The first-order valence-electron chi connectivity index (χ1n) is 10.4. The van der Waals surface area contributed by atoms with Crippen molar-refractivity contribution in [2.75, 3.05) is 4.90 Å². The number of Topliss-reactive ketones (excluding diaryl/α,β-unsaturated/α-hetero) is 2. The van der Waals surface area contributed by atoms with Crippen LogP contribution in [0.2, 0.25) is 11.5 Å². The van der Waals surface area contributed by atoms with Gasteiger partial charge in [-0.3, -0.25) is 0 Å². The summed E-state index contributed by atoms with van der Waals surface area (Å²) in [5.74, 6) is 4.73. The summed E-state index contributed by atoms with van der Waals surface area (Å²) in [6, 6.07) is 21.9. The SMILES string of the molecule is [CH3][Ge]1([CH3])[c]2ccccc2N(c2ccc(C=C3C(=O)c4c[se]cc4C3=O)[se]2)c2cccc[c]21. The number of benzene rings is 2. The number of para-hydroxylation sites is 2. The number of ketones is 2. The Morgan fingerprint density at radius 1 is 0.781 bits per heavy atom. The molecule has 0 saturated carbocycles. The Balaban J connectivity index is 1.46. The zero-order valence-electron chi connectivity index (χ0n) is 17.6. The van der Waals surface area contributed by atoms with Crippen LogP contribution in [-0.2, 0) is 0 Å². The zero-order valence-corrected chi connectivity index (χ0v) is 23.1. The molecule has 1 aliphatic heterocycles. The number of hydrogen-bond donors (Lipinski definition) is 0. The predicted molar refractivity (Wildman–Crippen MR) is 135 cm³/mol. The summed E-state index contributed by atoms with van der Waals surface area (Å²) in [4.78, 5) is 31.7. The molecular weight excluding hydrogens is 589 g/mol. The Bertz CT molecular complexity index is 1380. The molecule has 0 N–H and O–H groups in total. The Labute approximate surface area is 201 Å². The Kier molecular flexibility index (Phi) is 4.76. The van der Waals surface area contributed by atoms with Crippen molar-refractivity contribution in [1.82, 2.24) is 0 Å². The van der Waals surface area contributed by atoms with E-state index < -0.39 is 13.3 Å². The van der Waals surface area contributed by atoms with Gasteiger partial charge in [-0.1, -0.05) is 0 Å². The first-order valence-corrected chi connectivity index (χ1v) is 20.4. The molecule has 4 aromatic rings. The Morgan fingerprint density at radius 2 is 1.34 bits per heavy atom. The fraction of sp³-hybridized carbons (Fsp3) is 0.0769. The minimum atomic E-state index is -2.39. The van der Waals surface area contributed by atoms with Gasteiger partial charge in [0.05, 0.1) is 0 Å². The molecule has 0 atom stereocenters. The van der Waals surface area contributed by atoms with Crippen molar-refractivity contribution in [3.63, 3.8) is 0 Å². The molecule has 2 aromatic carbocycles.